The van der Waals surface area contributed by atoms with E-state index < -0.39 is 0 Å². The highest BCUT2D eigenvalue weighted by molar-refractivity contribution is 5.97. The van der Waals surface area contributed by atoms with Crippen LogP contribution in [0.2, 0.25) is 0 Å². The molecule has 0 bridgehead atoms. The van der Waals surface area contributed by atoms with Gasteiger partial charge in [-0.25, -0.2) is 9.37 Å². The van der Waals surface area contributed by atoms with Gasteiger partial charge in [0.05, 0.1) is 17.3 Å². The van der Waals surface area contributed by atoms with Crippen LogP contribution in [0.4, 0.5) is 4.39 Å². The summed E-state index contributed by atoms with van der Waals surface area (Å²) >= 11 is 0. The van der Waals surface area contributed by atoms with E-state index in [-0.39, 0.29) is 23.2 Å². The minimum absolute atomic E-state index is 0.216. The Labute approximate surface area is 152 Å². The first-order valence-electron chi connectivity index (χ1n) is 8.52. The molecule has 0 saturated heterocycles. The van der Waals surface area contributed by atoms with Crippen LogP contribution < -0.4 is 5.32 Å². The predicted octanol–water partition coefficient (Wildman–Crippen LogP) is 3.93. The number of nitrogens with one attached hydrogen (secondary N) is 1. The highest BCUT2D eigenvalue weighted by atomic mass is 19.1. The number of carbonyl (C=O) groups is 1. The Morgan fingerprint density at radius 3 is 2.50 bits per heavy atom. The number of aromatic nitrogens is 3. The Balaban J connectivity index is 1.93. The number of carbonyl (C=O) groups excluding carboxylic acids is 1. The molecular weight excluding hydrogens is 331 g/mol. The number of fused-ring (bicyclic) bond motifs is 1. The second kappa shape index (κ2) is 6.52. The van der Waals surface area contributed by atoms with Gasteiger partial charge in [0.25, 0.3) is 5.91 Å². The van der Waals surface area contributed by atoms with Gasteiger partial charge in [-0.3, -0.25) is 9.48 Å². The molecule has 1 N–H and O–H groups in total. The van der Waals surface area contributed by atoms with Crippen LogP contribution in [-0.2, 0) is 7.05 Å². The minimum Gasteiger partial charge on any atom is -0.345 e. The third kappa shape index (κ3) is 3.45. The van der Waals surface area contributed by atoms with E-state index in [1.165, 1.54) is 12.1 Å². The summed E-state index contributed by atoms with van der Waals surface area (Å²) in [7, 11) is 1.83. The molecule has 136 valence electrons. The molecule has 1 amide bonds. The maximum Gasteiger partial charge on any atom is 0.253 e. The molecule has 5 nitrogen and oxygen atoms in total. The first-order chi connectivity index (χ1) is 12.2. The van der Waals surface area contributed by atoms with Gasteiger partial charge in [0.1, 0.15) is 5.82 Å². The summed E-state index contributed by atoms with van der Waals surface area (Å²) < 4.78 is 15.0. The summed E-state index contributed by atoms with van der Waals surface area (Å²) in [4.78, 5) is 17.2. The molecule has 0 saturated carbocycles. The van der Waals surface area contributed by atoms with Gasteiger partial charge in [-0.05, 0) is 36.1 Å². The van der Waals surface area contributed by atoms with Gasteiger partial charge in [0.15, 0.2) is 5.65 Å². The van der Waals surface area contributed by atoms with Crippen molar-refractivity contribution >= 4 is 16.9 Å². The lowest BCUT2D eigenvalue weighted by molar-refractivity contribution is 0.0901. The lowest BCUT2D eigenvalue weighted by Gasteiger charge is -2.32. The zero-order chi connectivity index (χ0) is 19.1. The van der Waals surface area contributed by atoms with Gasteiger partial charge < -0.3 is 5.32 Å². The van der Waals surface area contributed by atoms with E-state index in [4.69, 9.17) is 0 Å². The van der Waals surface area contributed by atoms with Crippen molar-refractivity contribution in [2.45, 2.75) is 33.7 Å². The normalized spacial score (nSPS) is 13.0. The molecule has 6 heteroatoms. The SMILES string of the molecule is Cc1nn(C)c2ncc(C(=O)NC(c3ccc(F)cc3)C(C)(C)C)cc12. The molecule has 26 heavy (non-hydrogen) atoms. The van der Waals surface area contributed by atoms with E-state index in [2.05, 4.69) is 15.4 Å². The number of pyridine rings is 1. The summed E-state index contributed by atoms with van der Waals surface area (Å²) in [6.45, 7) is 8.00. The standard InChI is InChI=1S/C20H23FN4O/c1-12-16-10-14(11-22-18(16)25(5)24-12)19(26)23-17(20(2,3)4)13-6-8-15(21)9-7-13/h6-11,17H,1-5H3,(H,23,26). The van der Waals surface area contributed by atoms with Crippen molar-refractivity contribution < 1.29 is 9.18 Å². The third-order valence-electron chi connectivity index (χ3n) is 4.47. The molecule has 0 fully saturated rings. The Morgan fingerprint density at radius 2 is 1.88 bits per heavy atom. The second-order valence-electron chi connectivity index (χ2n) is 7.63. The molecule has 2 aromatic heterocycles. The Morgan fingerprint density at radius 1 is 1.23 bits per heavy atom. The topological polar surface area (TPSA) is 59.8 Å². The maximum atomic E-state index is 13.3. The number of rotatable bonds is 3. The average molecular weight is 354 g/mol. The molecule has 2 heterocycles. The van der Waals surface area contributed by atoms with Gasteiger partial charge in [-0.15, -0.1) is 0 Å². The molecule has 3 aromatic rings. The van der Waals surface area contributed by atoms with Crippen LogP contribution in [-0.4, -0.2) is 20.7 Å². The van der Waals surface area contributed by atoms with E-state index in [1.807, 2.05) is 40.8 Å². The van der Waals surface area contributed by atoms with Crippen molar-refractivity contribution in [2.75, 3.05) is 0 Å². The number of hydrogen-bond donors (Lipinski definition) is 1. The van der Waals surface area contributed by atoms with Crippen LogP contribution in [0.25, 0.3) is 11.0 Å². The Kier molecular flexibility index (Phi) is 4.52. The number of hydrogen-bond acceptors (Lipinski definition) is 3. The summed E-state index contributed by atoms with van der Waals surface area (Å²) in [5.74, 6) is -0.513. The number of amides is 1. The van der Waals surface area contributed by atoms with Gasteiger partial charge >= 0.3 is 0 Å². The molecule has 0 aliphatic heterocycles. The highest BCUT2D eigenvalue weighted by Crippen LogP contribution is 2.33. The molecule has 0 aliphatic rings. The van der Waals surface area contributed by atoms with Crippen LogP contribution in [0.1, 0.15) is 48.4 Å². The molecule has 1 atom stereocenters. The van der Waals surface area contributed by atoms with Gasteiger partial charge in [0, 0.05) is 18.6 Å². The van der Waals surface area contributed by atoms with Crippen molar-refractivity contribution in [3.8, 4) is 0 Å². The number of benzene rings is 1. The molecule has 1 unspecified atom stereocenters. The van der Waals surface area contributed by atoms with Crippen molar-refractivity contribution in [3.63, 3.8) is 0 Å². The zero-order valence-electron chi connectivity index (χ0n) is 15.7. The Bertz CT molecular complexity index is 954. The summed E-state index contributed by atoms with van der Waals surface area (Å²) in [6.07, 6.45) is 1.56. The second-order valence-corrected chi connectivity index (χ2v) is 7.63. The summed E-state index contributed by atoms with van der Waals surface area (Å²) in [6, 6.07) is 7.78. The van der Waals surface area contributed by atoms with Crippen molar-refractivity contribution in [3.05, 3.63) is 59.2 Å². The largest absolute Gasteiger partial charge is 0.345 e. The zero-order valence-corrected chi connectivity index (χ0v) is 15.7. The van der Waals surface area contributed by atoms with Crippen LogP contribution in [0.15, 0.2) is 36.5 Å². The van der Waals surface area contributed by atoms with Crippen LogP contribution in [0, 0.1) is 18.2 Å². The van der Waals surface area contributed by atoms with Crippen LogP contribution in [0.5, 0.6) is 0 Å². The van der Waals surface area contributed by atoms with E-state index in [1.54, 1.807) is 23.0 Å². The van der Waals surface area contributed by atoms with Gasteiger partial charge in [-0.1, -0.05) is 32.9 Å². The highest BCUT2D eigenvalue weighted by Gasteiger charge is 2.28. The molecular formula is C20H23FN4O. The minimum atomic E-state index is -0.297. The molecule has 0 aliphatic carbocycles. The molecule has 0 spiro atoms. The van der Waals surface area contributed by atoms with Crippen molar-refractivity contribution in [1.82, 2.24) is 20.1 Å². The quantitative estimate of drug-likeness (QED) is 0.775. The van der Waals surface area contributed by atoms with Crippen LogP contribution >= 0.6 is 0 Å². The summed E-state index contributed by atoms with van der Waals surface area (Å²) in [5, 5.41) is 8.26. The third-order valence-corrected chi connectivity index (χ3v) is 4.47. The smallest absolute Gasteiger partial charge is 0.253 e. The number of halogens is 1. The fourth-order valence-corrected chi connectivity index (χ4v) is 3.10. The lowest BCUT2D eigenvalue weighted by atomic mass is 9.82. The van der Waals surface area contributed by atoms with Crippen molar-refractivity contribution in [1.29, 1.82) is 0 Å². The fourth-order valence-electron chi connectivity index (χ4n) is 3.10. The predicted molar refractivity (Wildman–Crippen MR) is 99.3 cm³/mol. The molecule has 3 rings (SSSR count). The van der Waals surface area contributed by atoms with E-state index >= 15 is 0 Å². The van der Waals surface area contributed by atoms with Gasteiger partial charge in [0.2, 0.25) is 0 Å². The van der Waals surface area contributed by atoms with E-state index in [0.717, 1.165) is 22.3 Å². The summed E-state index contributed by atoms with van der Waals surface area (Å²) in [5.41, 5.74) is 2.67. The number of aryl methyl sites for hydroxylation is 2. The number of nitrogens with zero attached hydrogens (tertiary/aromatic N) is 3. The Hall–Kier alpha value is -2.76. The fraction of sp³-hybridized carbons (Fsp3) is 0.350. The average Bonchev–Trinajstić information content (AvgIpc) is 2.86. The molecule has 1 aromatic carbocycles. The van der Waals surface area contributed by atoms with E-state index in [9.17, 15) is 9.18 Å². The van der Waals surface area contributed by atoms with Crippen molar-refractivity contribution in [2.24, 2.45) is 12.5 Å². The maximum absolute atomic E-state index is 13.3. The first kappa shape index (κ1) is 18.0. The first-order valence-corrected chi connectivity index (χ1v) is 8.52. The monoisotopic (exact) mass is 354 g/mol. The lowest BCUT2D eigenvalue weighted by Crippen LogP contribution is -2.36. The van der Waals surface area contributed by atoms with Gasteiger partial charge in [-0.2, -0.15) is 5.10 Å². The van der Waals surface area contributed by atoms with E-state index in [0.29, 0.717) is 5.56 Å². The van der Waals surface area contributed by atoms with Crippen LogP contribution in [0.3, 0.4) is 0 Å². The molecule has 0 radical (unpaired) electrons.